The molecule has 0 saturated heterocycles. The molecule has 1 unspecified atom stereocenters. The van der Waals surface area contributed by atoms with Crippen LogP contribution in [0.3, 0.4) is 0 Å². The number of hydrogen-bond acceptors (Lipinski definition) is 8. The first-order valence-corrected chi connectivity index (χ1v) is 13.1. The number of non-ortho nitro benzene ring substituents is 1. The number of benzene rings is 2. The summed E-state index contributed by atoms with van der Waals surface area (Å²) in [4.78, 5) is 23.6. The molecule has 33 heavy (non-hydrogen) atoms. The molecular formula is C22H29N2O7PS. The third-order valence-corrected chi connectivity index (χ3v) is 6.85. The van der Waals surface area contributed by atoms with Crippen LogP contribution in [0.4, 0.5) is 5.69 Å². The van der Waals surface area contributed by atoms with Crippen LogP contribution in [-0.4, -0.2) is 28.8 Å². The Kier molecular flexibility index (Phi) is 10.2. The summed E-state index contributed by atoms with van der Waals surface area (Å²) in [6.45, 7) is 7.01. The molecule has 0 radical (unpaired) electrons. The fourth-order valence-corrected chi connectivity index (χ4v) is 5.05. The molecular weight excluding hydrogens is 467 g/mol. The Morgan fingerprint density at radius 3 is 2.09 bits per heavy atom. The van der Waals surface area contributed by atoms with E-state index in [4.69, 9.17) is 13.8 Å². The standard InChI is InChI=1S/C22H29N2O7PS/c1-5-6-15-33-21-13-11-20(12-14-21)31-32(28,23-17(4)22(25)29-16(2)3)30-19-9-7-18(8-10-19)24(26)27/h7-14,16-17H,5-6,15H2,1-4H3,(H,23,28)/t17-,32?/m0/s1. The van der Waals surface area contributed by atoms with E-state index in [2.05, 4.69) is 12.0 Å². The van der Waals surface area contributed by atoms with Gasteiger partial charge in [-0.1, -0.05) is 13.3 Å². The van der Waals surface area contributed by atoms with Gasteiger partial charge in [0.25, 0.3) is 5.69 Å². The van der Waals surface area contributed by atoms with E-state index in [9.17, 15) is 19.5 Å². The predicted molar refractivity (Wildman–Crippen MR) is 128 cm³/mol. The third kappa shape index (κ3) is 9.07. The highest BCUT2D eigenvalue weighted by atomic mass is 32.2. The van der Waals surface area contributed by atoms with E-state index < -0.39 is 24.7 Å². The van der Waals surface area contributed by atoms with Crippen molar-refractivity contribution in [3.63, 3.8) is 0 Å². The Morgan fingerprint density at radius 2 is 1.61 bits per heavy atom. The second kappa shape index (κ2) is 12.6. The number of rotatable bonds is 13. The van der Waals surface area contributed by atoms with Gasteiger partial charge in [0.05, 0.1) is 11.0 Å². The maximum atomic E-state index is 13.6. The Morgan fingerprint density at radius 1 is 1.06 bits per heavy atom. The van der Waals surface area contributed by atoms with Crippen molar-refractivity contribution in [3.05, 3.63) is 58.6 Å². The fraction of sp³-hybridized carbons (Fsp3) is 0.409. The number of carbonyl (C=O) groups is 1. The van der Waals surface area contributed by atoms with Gasteiger partial charge in [0.15, 0.2) is 0 Å². The van der Waals surface area contributed by atoms with Gasteiger partial charge >= 0.3 is 13.7 Å². The number of nitrogens with zero attached hydrogens (tertiary/aromatic N) is 1. The summed E-state index contributed by atoms with van der Waals surface area (Å²) < 4.78 is 29.9. The molecule has 180 valence electrons. The lowest BCUT2D eigenvalue weighted by molar-refractivity contribution is -0.384. The normalized spacial score (nSPS) is 13.7. The molecule has 0 aliphatic heterocycles. The molecule has 9 nitrogen and oxygen atoms in total. The van der Waals surface area contributed by atoms with E-state index in [1.807, 2.05) is 12.1 Å². The number of nitro benzene ring substituents is 1. The number of carbonyl (C=O) groups excluding carboxylic acids is 1. The van der Waals surface area contributed by atoms with Gasteiger partial charge in [0, 0.05) is 17.0 Å². The molecule has 0 bridgehead atoms. The summed E-state index contributed by atoms with van der Waals surface area (Å²) in [6, 6.07) is 11.1. The van der Waals surface area contributed by atoms with Gasteiger partial charge in [-0.15, -0.1) is 11.8 Å². The monoisotopic (exact) mass is 496 g/mol. The van der Waals surface area contributed by atoms with Crippen LogP contribution in [-0.2, 0) is 14.1 Å². The molecule has 2 aromatic carbocycles. The van der Waals surface area contributed by atoms with Crippen molar-refractivity contribution in [3.8, 4) is 11.5 Å². The molecule has 0 amide bonds. The minimum Gasteiger partial charge on any atom is -0.462 e. The summed E-state index contributed by atoms with van der Waals surface area (Å²) >= 11 is 1.71. The van der Waals surface area contributed by atoms with Crippen LogP contribution < -0.4 is 14.1 Å². The molecule has 1 N–H and O–H groups in total. The average Bonchev–Trinajstić information content (AvgIpc) is 2.75. The molecule has 0 aromatic heterocycles. The van der Waals surface area contributed by atoms with E-state index in [-0.39, 0.29) is 23.3 Å². The van der Waals surface area contributed by atoms with Crippen LogP contribution in [0.25, 0.3) is 0 Å². The van der Waals surface area contributed by atoms with Gasteiger partial charge < -0.3 is 13.8 Å². The van der Waals surface area contributed by atoms with E-state index in [1.165, 1.54) is 31.2 Å². The van der Waals surface area contributed by atoms with E-state index in [0.717, 1.165) is 23.5 Å². The van der Waals surface area contributed by atoms with E-state index >= 15 is 0 Å². The average molecular weight is 497 g/mol. The minimum atomic E-state index is -4.12. The van der Waals surface area contributed by atoms with Crippen molar-refractivity contribution in [1.82, 2.24) is 5.09 Å². The summed E-state index contributed by atoms with van der Waals surface area (Å²) in [6.07, 6.45) is 1.87. The summed E-state index contributed by atoms with van der Waals surface area (Å²) in [7, 11) is -4.12. The van der Waals surface area contributed by atoms with Gasteiger partial charge in [-0.25, -0.2) is 4.57 Å². The van der Waals surface area contributed by atoms with Gasteiger partial charge in [0.2, 0.25) is 0 Å². The molecule has 11 heteroatoms. The Bertz CT molecular complexity index is 968. The van der Waals surface area contributed by atoms with Crippen LogP contribution in [0.15, 0.2) is 53.4 Å². The zero-order valence-electron chi connectivity index (χ0n) is 19.1. The highest BCUT2D eigenvalue weighted by Gasteiger charge is 2.34. The molecule has 2 aromatic rings. The lowest BCUT2D eigenvalue weighted by atomic mass is 10.3. The maximum Gasteiger partial charge on any atom is 0.513 e. The van der Waals surface area contributed by atoms with Gasteiger partial charge in [-0.05, 0) is 69.3 Å². The number of unbranched alkanes of at least 4 members (excludes halogenated alkanes) is 1. The second-order valence-electron chi connectivity index (χ2n) is 7.44. The number of hydrogen-bond donors (Lipinski definition) is 1. The van der Waals surface area contributed by atoms with Gasteiger partial charge in [0.1, 0.15) is 17.5 Å². The van der Waals surface area contributed by atoms with Gasteiger partial charge in [-0.3, -0.25) is 14.9 Å². The maximum absolute atomic E-state index is 13.6. The van der Waals surface area contributed by atoms with Crippen molar-refractivity contribution in [2.24, 2.45) is 0 Å². The number of ether oxygens (including phenoxy) is 1. The third-order valence-electron chi connectivity index (χ3n) is 4.15. The molecule has 0 spiro atoms. The van der Waals surface area contributed by atoms with Crippen molar-refractivity contribution in [2.45, 2.75) is 57.6 Å². The zero-order valence-corrected chi connectivity index (χ0v) is 20.8. The predicted octanol–water partition coefficient (Wildman–Crippen LogP) is 5.98. The molecule has 2 rings (SSSR count). The smallest absolute Gasteiger partial charge is 0.462 e. The van der Waals surface area contributed by atoms with Crippen LogP contribution in [0.1, 0.15) is 40.5 Å². The SMILES string of the molecule is CCCCSc1ccc(OP(=O)(N[C@@H](C)C(=O)OC(C)C)Oc2ccc([N+](=O)[O-])cc2)cc1. The van der Waals surface area contributed by atoms with Crippen molar-refractivity contribution < 1.29 is 28.1 Å². The zero-order chi connectivity index (χ0) is 24.4. The van der Waals surface area contributed by atoms with Crippen LogP contribution in [0.2, 0.25) is 0 Å². The lowest BCUT2D eigenvalue weighted by Gasteiger charge is -2.23. The molecule has 0 fully saturated rings. The number of thioether (sulfide) groups is 1. The first-order chi connectivity index (χ1) is 15.6. The number of esters is 1. The highest BCUT2D eigenvalue weighted by Crippen LogP contribution is 2.46. The number of nitrogens with one attached hydrogen (secondary N) is 1. The van der Waals surface area contributed by atoms with Crippen molar-refractivity contribution in [1.29, 1.82) is 0 Å². The molecule has 0 saturated carbocycles. The van der Waals surface area contributed by atoms with Gasteiger partial charge in [-0.2, -0.15) is 5.09 Å². The molecule has 0 heterocycles. The summed E-state index contributed by atoms with van der Waals surface area (Å²) in [5, 5.41) is 13.5. The van der Waals surface area contributed by atoms with E-state index in [1.54, 1.807) is 37.7 Å². The fourth-order valence-electron chi connectivity index (χ4n) is 2.53. The Balaban J connectivity index is 2.21. The van der Waals surface area contributed by atoms with Crippen molar-refractivity contribution >= 4 is 31.2 Å². The van der Waals surface area contributed by atoms with Crippen LogP contribution >= 0.6 is 19.5 Å². The van der Waals surface area contributed by atoms with Crippen molar-refractivity contribution in [2.75, 3.05) is 5.75 Å². The first-order valence-electron chi connectivity index (χ1n) is 10.6. The Hall–Kier alpha value is -2.55. The number of nitro groups is 1. The largest absolute Gasteiger partial charge is 0.513 e. The molecule has 0 aliphatic rings. The topological polar surface area (TPSA) is 117 Å². The molecule has 2 atom stereocenters. The Labute approximate surface area is 197 Å². The highest BCUT2D eigenvalue weighted by molar-refractivity contribution is 7.99. The quantitative estimate of drug-likeness (QED) is 0.0892. The van der Waals surface area contributed by atoms with E-state index in [0.29, 0.717) is 0 Å². The second-order valence-corrected chi connectivity index (χ2v) is 10.2. The summed E-state index contributed by atoms with van der Waals surface area (Å²) in [5.41, 5.74) is -0.142. The summed E-state index contributed by atoms with van der Waals surface area (Å²) in [5.74, 6) is 0.726. The van der Waals surface area contributed by atoms with Crippen LogP contribution in [0, 0.1) is 10.1 Å². The first kappa shape index (κ1) is 26.7. The lowest BCUT2D eigenvalue weighted by Crippen LogP contribution is -2.36. The minimum absolute atomic E-state index is 0.0765. The van der Waals surface area contributed by atoms with Crippen LogP contribution in [0.5, 0.6) is 11.5 Å². The molecule has 0 aliphatic carbocycles.